The Hall–Kier alpha value is -3.04. The minimum absolute atomic E-state index is 0.0000548. The molecule has 2 heterocycles. The Kier molecular flexibility index (Phi) is 5.57. The van der Waals surface area contributed by atoms with E-state index >= 15 is 0 Å². The number of nitro benzene ring substituents is 1. The van der Waals surface area contributed by atoms with E-state index in [9.17, 15) is 24.8 Å². The largest absolute Gasteiger partial charge is 0.507 e. The van der Waals surface area contributed by atoms with Crippen LogP contribution >= 0.6 is 11.3 Å². The first-order valence-corrected chi connectivity index (χ1v) is 9.40. The van der Waals surface area contributed by atoms with E-state index in [4.69, 9.17) is 0 Å². The number of non-ortho nitro benzene ring substituents is 1. The highest BCUT2D eigenvalue weighted by molar-refractivity contribution is 7.10. The molecule has 1 unspecified atom stereocenters. The number of likely N-dealkylation sites (tertiary alicyclic amines) is 1. The molecule has 28 heavy (non-hydrogen) atoms. The number of aliphatic hydroxyl groups excluding tert-OH is 1. The number of carbonyl (C=O) groups excluding carboxylic acids is 2. The molecule has 1 aromatic heterocycles. The number of nitrogens with zero attached hydrogens (tertiary/aromatic N) is 3. The normalized spacial score (nSPS) is 18.8. The van der Waals surface area contributed by atoms with Gasteiger partial charge in [0.25, 0.3) is 17.4 Å². The number of benzene rings is 1. The molecule has 1 amide bonds. The number of Topliss-reactive ketones (excluding diaryl/α,β-unsaturated/α-hetero) is 1. The molecule has 0 radical (unpaired) electrons. The van der Waals surface area contributed by atoms with Crippen LogP contribution in [0.5, 0.6) is 0 Å². The molecule has 0 spiro atoms. The number of rotatable bonds is 6. The van der Waals surface area contributed by atoms with Gasteiger partial charge in [-0.3, -0.25) is 19.7 Å². The smallest absolute Gasteiger partial charge is 0.295 e. The summed E-state index contributed by atoms with van der Waals surface area (Å²) in [5, 5.41) is 23.5. The van der Waals surface area contributed by atoms with Gasteiger partial charge in [-0.25, -0.2) is 0 Å². The second-order valence-corrected chi connectivity index (χ2v) is 7.59. The van der Waals surface area contributed by atoms with Crippen LogP contribution in [-0.2, 0) is 9.59 Å². The van der Waals surface area contributed by atoms with Gasteiger partial charge < -0.3 is 14.9 Å². The van der Waals surface area contributed by atoms with E-state index in [0.29, 0.717) is 13.1 Å². The van der Waals surface area contributed by atoms with Gasteiger partial charge in [-0.1, -0.05) is 6.07 Å². The van der Waals surface area contributed by atoms with Crippen LogP contribution in [0.4, 0.5) is 5.69 Å². The second kappa shape index (κ2) is 7.91. The van der Waals surface area contributed by atoms with Crippen LogP contribution in [0, 0.1) is 10.1 Å². The number of aliphatic hydroxyl groups is 1. The summed E-state index contributed by atoms with van der Waals surface area (Å²) in [6.07, 6.45) is 0. The molecule has 1 N–H and O–H groups in total. The molecule has 1 aromatic carbocycles. The number of amides is 1. The Morgan fingerprint density at radius 2 is 1.93 bits per heavy atom. The van der Waals surface area contributed by atoms with Crippen LogP contribution in [0.25, 0.3) is 5.76 Å². The molecule has 1 atom stereocenters. The van der Waals surface area contributed by atoms with Crippen LogP contribution in [0.3, 0.4) is 0 Å². The maximum atomic E-state index is 12.7. The minimum Gasteiger partial charge on any atom is -0.507 e. The zero-order valence-corrected chi connectivity index (χ0v) is 16.2. The third-order valence-corrected chi connectivity index (χ3v) is 5.42. The Morgan fingerprint density at radius 1 is 1.25 bits per heavy atom. The van der Waals surface area contributed by atoms with Gasteiger partial charge in [-0.15, -0.1) is 11.3 Å². The van der Waals surface area contributed by atoms with E-state index < -0.39 is 22.7 Å². The summed E-state index contributed by atoms with van der Waals surface area (Å²) < 4.78 is 0. The molecule has 2 aromatic rings. The van der Waals surface area contributed by atoms with Gasteiger partial charge in [0.2, 0.25) is 0 Å². The molecule has 1 fully saturated rings. The van der Waals surface area contributed by atoms with E-state index in [0.717, 1.165) is 4.88 Å². The molecule has 146 valence electrons. The predicted octanol–water partition coefficient (Wildman–Crippen LogP) is 2.64. The van der Waals surface area contributed by atoms with Crippen LogP contribution in [0.15, 0.2) is 47.4 Å². The van der Waals surface area contributed by atoms with E-state index in [2.05, 4.69) is 0 Å². The average Bonchev–Trinajstić information content (AvgIpc) is 3.27. The molecule has 9 heteroatoms. The maximum Gasteiger partial charge on any atom is 0.295 e. The van der Waals surface area contributed by atoms with Gasteiger partial charge in [0, 0.05) is 35.7 Å². The third kappa shape index (κ3) is 3.67. The minimum atomic E-state index is -0.756. The van der Waals surface area contributed by atoms with Crippen molar-refractivity contribution >= 4 is 34.5 Å². The SMILES string of the molecule is CN(C)CCN1C(=O)C(=O)/C(=C(\O)c2ccc([N+](=O)[O-])cc2)C1c1cccs1. The lowest BCUT2D eigenvalue weighted by Gasteiger charge is -2.25. The van der Waals surface area contributed by atoms with Crippen molar-refractivity contribution in [2.45, 2.75) is 6.04 Å². The van der Waals surface area contributed by atoms with Gasteiger partial charge in [0.1, 0.15) is 5.76 Å². The fraction of sp³-hybridized carbons (Fsp3) is 0.263. The highest BCUT2D eigenvalue weighted by atomic mass is 32.1. The molecular weight excluding hydrogens is 382 g/mol. The summed E-state index contributed by atoms with van der Waals surface area (Å²) in [5.41, 5.74) is 0.121. The molecule has 1 aliphatic heterocycles. The second-order valence-electron chi connectivity index (χ2n) is 6.62. The Balaban J connectivity index is 2.07. The molecule has 3 rings (SSSR count). The zero-order chi connectivity index (χ0) is 20.4. The average molecular weight is 401 g/mol. The van der Waals surface area contributed by atoms with E-state index in [1.165, 1.54) is 40.5 Å². The Morgan fingerprint density at radius 3 is 2.46 bits per heavy atom. The first-order chi connectivity index (χ1) is 13.3. The summed E-state index contributed by atoms with van der Waals surface area (Å²) >= 11 is 1.39. The summed E-state index contributed by atoms with van der Waals surface area (Å²) in [5.74, 6) is -1.75. The van der Waals surface area contributed by atoms with Crippen molar-refractivity contribution in [3.8, 4) is 0 Å². The summed E-state index contributed by atoms with van der Waals surface area (Å²) in [4.78, 5) is 39.8. The predicted molar refractivity (Wildman–Crippen MR) is 105 cm³/mol. The molecule has 0 saturated carbocycles. The van der Waals surface area contributed by atoms with Crippen LogP contribution < -0.4 is 0 Å². The van der Waals surface area contributed by atoms with Crippen molar-refractivity contribution in [1.82, 2.24) is 9.80 Å². The van der Waals surface area contributed by atoms with Crippen molar-refractivity contribution in [3.63, 3.8) is 0 Å². The van der Waals surface area contributed by atoms with Crippen molar-refractivity contribution in [2.75, 3.05) is 27.2 Å². The van der Waals surface area contributed by atoms with Crippen molar-refractivity contribution in [2.24, 2.45) is 0 Å². The Labute approximate surface area is 165 Å². The number of carbonyl (C=O) groups is 2. The van der Waals surface area contributed by atoms with Gasteiger partial charge in [-0.2, -0.15) is 0 Å². The third-order valence-electron chi connectivity index (χ3n) is 4.49. The summed E-state index contributed by atoms with van der Waals surface area (Å²) in [6.45, 7) is 0.893. The summed E-state index contributed by atoms with van der Waals surface area (Å²) in [6, 6.07) is 8.17. The maximum absolute atomic E-state index is 12.7. The quantitative estimate of drug-likeness (QED) is 0.262. The Bertz CT molecular complexity index is 935. The number of ketones is 1. The van der Waals surface area contributed by atoms with Crippen molar-refractivity contribution < 1.29 is 19.6 Å². The fourth-order valence-corrected chi connectivity index (χ4v) is 3.90. The topological polar surface area (TPSA) is 104 Å². The van der Waals surface area contributed by atoms with Crippen LogP contribution in [-0.4, -0.2) is 58.7 Å². The standard InChI is InChI=1S/C19H19N3O5S/c1-20(2)9-10-21-16(14-4-3-11-28-14)15(18(24)19(21)25)17(23)12-5-7-13(8-6-12)22(26)27/h3-8,11,16,23H,9-10H2,1-2H3/b17-15-. The van der Waals surface area contributed by atoms with Crippen molar-refractivity contribution in [1.29, 1.82) is 0 Å². The molecule has 8 nitrogen and oxygen atoms in total. The molecule has 1 saturated heterocycles. The lowest BCUT2D eigenvalue weighted by atomic mass is 9.99. The van der Waals surface area contributed by atoms with Crippen LogP contribution in [0.2, 0.25) is 0 Å². The monoisotopic (exact) mass is 401 g/mol. The highest BCUT2D eigenvalue weighted by Crippen LogP contribution is 2.40. The van der Waals surface area contributed by atoms with Gasteiger partial charge in [0.05, 0.1) is 16.5 Å². The highest BCUT2D eigenvalue weighted by Gasteiger charge is 2.46. The van der Waals surface area contributed by atoms with Gasteiger partial charge >= 0.3 is 0 Å². The zero-order valence-electron chi connectivity index (χ0n) is 15.4. The molecular formula is C19H19N3O5S. The number of thiophene rings is 1. The van der Waals surface area contributed by atoms with Gasteiger partial charge in [0.15, 0.2) is 0 Å². The first-order valence-electron chi connectivity index (χ1n) is 8.52. The number of nitro groups is 1. The fourth-order valence-electron chi connectivity index (χ4n) is 3.06. The summed E-state index contributed by atoms with van der Waals surface area (Å²) in [7, 11) is 3.74. The van der Waals surface area contributed by atoms with Crippen molar-refractivity contribution in [3.05, 3.63) is 67.9 Å². The van der Waals surface area contributed by atoms with Crippen LogP contribution in [0.1, 0.15) is 16.5 Å². The van der Waals surface area contributed by atoms with E-state index in [-0.39, 0.29) is 22.6 Å². The molecule has 1 aliphatic rings. The number of likely N-dealkylation sites (N-methyl/N-ethyl adjacent to an activating group) is 1. The van der Waals surface area contributed by atoms with E-state index in [1.807, 2.05) is 36.5 Å². The lowest BCUT2D eigenvalue weighted by Crippen LogP contribution is -2.35. The molecule has 0 bridgehead atoms. The number of hydrogen-bond donors (Lipinski definition) is 1. The molecule has 0 aliphatic carbocycles. The first kappa shape index (κ1) is 19.7. The lowest BCUT2D eigenvalue weighted by molar-refractivity contribution is -0.384. The number of hydrogen-bond acceptors (Lipinski definition) is 7. The van der Waals surface area contributed by atoms with E-state index in [1.54, 1.807) is 0 Å². The van der Waals surface area contributed by atoms with Gasteiger partial charge in [-0.05, 0) is 37.7 Å².